The summed E-state index contributed by atoms with van der Waals surface area (Å²) >= 11 is 0. The molecule has 0 bridgehead atoms. The maximum Gasteiger partial charge on any atom is 0.201 e. The number of aryl methyl sites for hydroxylation is 1. The standard InChI is InChI=1S/C18H19NO3/c1-8-4-7-13-16-14(8)9(2)19-10(3)15(16)11-5-6-12(20)17(21)18(11)22-13/h4-7,9-10,15,19-21H,1-3H3. The van der Waals surface area contributed by atoms with Crippen molar-refractivity contribution in [2.75, 3.05) is 0 Å². The Morgan fingerprint density at radius 1 is 1.05 bits per heavy atom. The molecule has 0 saturated carbocycles. The number of hydrogen-bond donors (Lipinski definition) is 3. The predicted molar refractivity (Wildman–Crippen MR) is 83.9 cm³/mol. The molecule has 3 N–H and O–H groups in total. The second-order valence-corrected chi connectivity index (χ2v) is 6.32. The molecule has 2 aromatic rings. The topological polar surface area (TPSA) is 61.7 Å². The van der Waals surface area contributed by atoms with E-state index in [0.717, 1.165) is 11.3 Å². The molecule has 3 atom stereocenters. The van der Waals surface area contributed by atoms with Crippen LogP contribution in [0.25, 0.3) is 0 Å². The molecular weight excluding hydrogens is 278 g/mol. The number of ether oxygens (including phenoxy) is 1. The van der Waals surface area contributed by atoms with Crippen LogP contribution in [0.1, 0.15) is 48.1 Å². The molecule has 0 radical (unpaired) electrons. The van der Waals surface area contributed by atoms with Crippen LogP contribution in [0.3, 0.4) is 0 Å². The number of nitrogens with one attached hydrogen (secondary N) is 1. The monoisotopic (exact) mass is 297 g/mol. The summed E-state index contributed by atoms with van der Waals surface area (Å²) in [5.74, 6) is 0.918. The van der Waals surface area contributed by atoms with E-state index < -0.39 is 0 Å². The lowest BCUT2D eigenvalue weighted by Gasteiger charge is -2.41. The van der Waals surface area contributed by atoms with Crippen molar-refractivity contribution >= 4 is 0 Å². The molecule has 0 aromatic heterocycles. The summed E-state index contributed by atoms with van der Waals surface area (Å²) in [6, 6.07) is 7.86. The zero-order valence-electron chi connectivity index (χ0n) is 12.8. The average Bonchev–Trinajstić information content (AvgIpc) is 2.48. The predicted octanol–water partition coefficient (Wildman–Crippen LogP) is 3.70. The van der Waals surface area contributed by atoms with Crippen LogP contribution < -0.4 is 10.1 Å². The quantitative estimate of drug-likeness (QED) is 0.649. The van der Waals surface area contributed by atoms with E-state index in [-0.39, 0.29) is 29.5 Å². The summed E-state index contributed by atoms with van der Waals surface area (Å²) in [4.78, 5) is 0. The lowest BCUT2D eigenvalue weighted by Crippen LogP contribution is -2.41. The molecule has 22 heavy (non-hydrogen) atoms. The summed E-state index contributed by atoms with van der Waals surface area (Å²) < 4.78 is 5.95. The minimum atomic E-state index is -0.184. The first kappa shape index (κ1) is 13.5. The Morgan fingerprint density at radius 3 is 2.59 bits per heavy atom. The Kier molecular flexibility index (Phi) is 2.69. The van der Waals surface area contributed by atoms with Crippen molar-refractivity contribution in [2.45, 2.75) is 38.8 Å². The Morgan fingerprint density at radius 2 is 1.82 bits per heavy atom. The van der Waals surface area contributed by atoms with Gasteiger partial charge in [-0.1, -0.05) is 12.1 Å². The molecule has 2 aliphatic heterocycles. The largest absolute Gasteiger partial charge is 0.504 e. The van der Waals surface area contributed by atoms with E-state index >= 15 is 0 Å². The molecule has 4 nitrogen and oxygen atoms in total. The summed E-state index contributed by atoms with van der Waals surface area (Å²) in [6.07, 6.45) is 0. The van der Waals surface area contributed by atoms with Crippen LogP contribution in [0.15, 0.2) is 24.3 Å². The lowest BCUT2D eigenvalue weighted by molar-refractivity contribution is 0.336. The molecule has 0 spiro atoms. The number of aromatic hydroxyl groups is 2. The second kappa shape index (κ2) is 4.40. The highest BCUT2D eigenvalue weighted by Crippen LogP contribution is 2.55. The average molecular weight is 297 g/mol. The second-order valence-electron chi connectivity index (χ2n) is 6.32. The van der Waals surface area contributed by atoms with Gasteiger partial charge in [-0.05, 0) is 44.0 Å². The fourth-order valence-corrected chi connectivity index (χ4v) is 4.00. The zero-order chi connectivity index (χ0) is 15.6. The van der Waals surface area contributed by atoms with E-state index in [4.69, 9.17) is 4.74 Å². The Bertz CT molecular complexity index is 784. The minimum Gasteiger partial charge on any atom is -0.504 e. The van der Waals surface area contributed by atoms with Gasteiger partial charge in [-0.2, -0.15) is 0 Å². The number of fused-ring (bicyclic) bond motifs is 2. The van der Waals surface area contributed by atoms with Crippen LogP contribution in [0, 0.1) is 6.92 Å². The van der Waals surface area contributed by atoms with Crippen LogP contribution in [0.5, 0.6) is 23.0 Å². The highest BCUT2D eigenvalue weighted by atomic mass is 16.5. The van der Waals surface area contributed by atoms with Crippen LogP contribution in [-0.4, -0.2) is 16.3 Å². The third-order valence-corrected chi connectivity index (χ3v) is 4.91. The van der Waals surface area contributed by atoms with Crippen LogP contribution in [0.2, 0.25) is 0 Å². The van der Waals surface area contributed by atoms with E-state index in [9.17, 15) is 10.2 Å². The van der Waals surface area contributed by atoms with Gasteiger partial charge < -0.3 is 20.3 Å². The molecule has 114 valence electrons. The summed E-state index contributed by atoms with van der Waals surface area (Å²) in [6.45, 7) is 6.43. The number of rotatable bonds is 0. The Balaban J connectivity index is 2.03. The molecule has 2 heterocycles. The molecule has 4 rings (SSSR count). The highest BCUT2D eigenvalue weighted by molar-refractivity contribution is 5.66. The molecule has 0 amide bonds. The first-order valence-corrected chi connectivity index (χ1v) is 7.61. The van der Waals surface area contributed by atoms with E-state index in [0.29, 0.717) is 5.75 Å². The SMILES string of the molecule is Cc1ccc2c3c1C(C)NC(C)C3c1ccc(O)c(O)c1O2. The van der Waals surface area contributed by atoms with Gasteiger partial charge in [-0.3, -0.25) is 0 Å². The van der Waals surface area contributed by atoms with Gasteiger partial charge in [0.1, 0.15) is 5.75 Å². The fraction of sp³-hybridized carbons (Fsp3) is 0.333. The van der Waals surface area contributed by atoms with Gasteiger partial charge in [0.15, 0.2) is 11.5 Å². The molecule has 0 aliphatic carbocycles. The molecule has 2 aromatic carbocycles. The van der Waals surface area contributed by atoms with Crippen molar-refractivity contribution < 1.29 is 14.9 Å². The van der Waals surface area contributed by atoms with E-state index in [2.05, 4.69) is 26.1 Å². The van der Waals surface area contributed by atoms with Crippen LogP contribution in [0.4, 0.5) is 0 Å². The van der Waals surface area contributed by atoms with Gasteiger partial charge in [-0.15, -0.1) is 0 Å². The van der Waals surface area contributed by atoms with E-state index in [1.807, 2.05) is 18.2 Å². The highest BCUT2D eigenvalue weighted by Gasteiger charge is 2.40. The lowest BCUT2D eigenvalue weighted by atomic mass is 9.75. The van der Waals surface area contributed by atoms with Gasteiger partial charge in [0.2, 0.25) is 5.75 Å². The Hall–Kier alpha value is -2.20. The molecule has 4 heteroatoms. The fourth-order valence-electron chi connectivity index (χ4n) is 4.00. The van der Waals surface area contributed by atoms with Crippen molar-refractivity contribution in [3.8, 4) is 23.0 Å². The van der Waals surface area contributed by atoms with Gasteiger partial charge >= 0.3 is 0 Å². The van der Waals surface area contributed by atoms with Crippen molar-refractivity contribution in [2.24, 2.45) is 0 Å². The molecule has 3 unspecified atom stereocenters. The molecule has 0 saturated heterocycles. The van der Waals surface area contributed by atoms with Crippen molar-refractivity contribution in [3.63, 3.8) is 0 Å². The Labute approximate surface area is 129 Å². The number of benzene rings is 2. The van der Waals surface area contributed by atoms with Gasteiger partial charge in [0, 0.05) is 29.1 Å². The van der Waals surface area contributed by atoms with Crippen LogP contribution >= 0.6 is 0 Å². The maximum absolute atomic E-state index is 10.2. The molecule has 2 aliphatic rings. The van der Waals surface area contributed by atoms with Gasteiger partial charge in [0.05, 0.1) is 0 Å². The third-order valence-electron chi connectivity index (χ3n) is 4.91. The summed E-state index contributed by atoms with van der Waals surface area (Å²) in [7, 11) is 0. The number of phenols is 2. The normalized spacial score (nSPS) is 25.1. The van der Waals surface area contributed by atoms with Crippen molar-refractivity contribution in [1.82, 2.24) is 5.32 Å². The number of hydrogen-bond acceptors (Lipinski definition) is 4. The van der Waals surface area contributed by atoms with Crippen molar-refractivity contribution in [3.05, 3.63) is 46.5 Å². The smallest absolute Gasteiger partial charge is 0.201 e. The zero-order valence-corrected chi connectivity index (χ0v) is 12.8. The minimum absolute atomic E-state index is 0.108. The summed E-state index contributed by atoms with van der Waals surface area (Å²) in [5.41, 5.74) is 4.64. The van der Waals surface area contributed by atoms with Gasteiger partial charge in [-0.25, -0.2) is 0 Å². The summed E-state index contributed by atoms with van der Waals surface area (Å²) in [5, 5.41) is 23.5. The molecule has 0 fully saturated rings. The first-order chi connectivity index (χ1) is 10.5. The third kappa shape index (κ3) is 1.61. The van der Waals surface area contributed by atoms with Crippen molar-refractivity contribution in [1.29, 1.82) is 0 Å². The maximum atomic E-state index is 10.2. The van der Waals surface area contributed by atoms with Gasteiger partial charge in [0.25, 0.3) is 0 Å². The van der Waals surface area contributed by atoms with E-state index in [1.165, 1.54) is 22.8 Å². The van der Waals surface area contributed by atoms with E-state index in [1.54, 1.807) is 0 Å². The van der Waals surface area contributed by atoms with Crippen LogP contribution in [-0.2, 0) is 0 Å². The first-order valence-electron chi connectivity index (χ1n) is 7.61. The molecular formula is C18H19NO3. The number of phenolic OH excluding ortho intramolecular Hbond substituents is 2.